The van der Waals surface area contributed by atoms with Crippen molar-refractivity contribution in [2.75, 3.05) is 19.1 Å². The van der Waals surface area contributed by atoms with Crippen molar-refractivity contribution >= 4 is 11.4 Å². The molecule has 0 atom stereocenters. The van der Waals surface area contributed by atoms with Gasteiger partial charge in [-0.1, -0.05) is 18.2 Å². The summed E-state index contributed by atoms with van der Waals surface area (Å²) in [4.78, 5) is 11.9. The van der Waals surface area contributed by atoms with E-state index in [1.54, 1.807) is 19.1 Å². The Kier molecular flexibility index (Phi) is 4.37. The van der Waals surface area contributed by atoms with E-state index in [-0.39, 0.29) is 5.69 Å². The minimum atomic E-state index is -0.834. The quantitative estimate of drug-likeness (QED) is 0.625. The van der Waals surface area contributed by atoms with E-state index in [2.05, 4.69) is 0 Å². The van der Waals surface area contributed by atoms with Gasteiger partial charge in [-0.2, -0.15) is 4.39 Å². The topological polar surface area (TPSA) is 55.6 Å². The van der Waals surface area contributed by atoms with Crippen molar-refractivity contribution in [2.45, 2.75) is 6.54 Å². The van der Waals surface area contributed by atoms with Gasteiger partial charge >= 0.3 is 5.69 Å². The molecule has 0 fully saturated rings. The Bertz CT molecular complexity index is 644. The Labute approximate surface area is 121 Å². The SMILES string of the molecule is COc1ccc(CN(C)c2cccc(F)c2[N+](=O)[O-])cc1. The van der Waals surface area contributed by atoms with Gasteiger partial charge in [0.25, 0.3) is 0 Å². The molecule has 0 radical (unpaired) electrons. The number of benzene rings is 2. The normalized spacial score (nSPS) is 10.2. The summed E-state index contributed by atoms with van der Waals surface area (Å²) in [5, 5.41) is 11.0. The summed E-state index contributed by atoms with van der Waals surface area (Å²) in [5.41, 5.74) is 0.682. The van der Waals surface area contributed by atoms with E-state index in [4.69, 9.17) is 4.74 Å². The molecule has 0 aliphatic heterocycles. The molecular formula is C15H15FN2O3. The van der Waals surface area contributed by atoms with Crippen LogP contribution in [0, 0.1) is 15.9 Å². The van der Waals surface area contributed by atoms with E-state index in [0.29, 0.717) is 6.54 Å². The third-order valence-electron chi connectivity index (χ3n) is 3.14. The number of halogens is 1. The highest BCUT2D eigenvalue weighted by Crippen LogP contribution is 2.30. The fourth-order valence-electron chi connectivity index (χ4n) is 2.08. The summed E-state index contributed by atoms with van der Waals surface area (Å²) in [7, 11) is 3.27. The number of methoxy groups -OCH3 is 1. The molecule has 0 saturated heterocycles. The van der Waals surface area contributed by atoms with Gasteiger partial charge in [-0.25, -0.2) is 0 Å². The van der Waals surface area contributed by atoms with Gasteiger partial charge in [0, 0.05) is 13.6 Å². The van der Waals surface area contributed by atoms with E-state index < -0.39 is 16.4 Å². The second-order valence-electron chi connectivity index (χ2n) is 4.57. The monoisotopic (exact) mass is 290 g/mol. The van der Waals surface area contributed by atoms with Crippen molar-refractivity contribution < 1.29 is 14.1 Å². The highest BCUT2D eigenvalue weighted by atomic mass is 19.1. The molecule has 0 heterocycles. The first-order valence-electron chi connectivity index (χ1n) is 6.30. The smallest absolute Gasteiger partial charge is 0.327 e. The molecule has 2 rings (SSSR count). The van der Waals surface area contributed by atoms with E-state index in [1.165, 1.54) is 12.1 Å². The van der Waals surface area contributed by atoms with Crippen LogP contribution in [0.1, 0.15) is 5.56 Å². The predicted octanol–water partition coefficient (Wildman–Crippen LogP) is 3.38. The molecule has 5 nitrogen and oxygen atoms in total. The van der Waals surface area contributed by atoms with Gasteiger partial charge < -0.3 is 9.64 Å². The third kappa shape index (κ3) is 3.28. The lowest BCUT2D eigenvalue weighted by Crippen LogP contribution is -2.18. The van der Waals surface area contributed by atoms with Crippen LogP contribution >= 0.6 is 0 Å². The number of nitro benzene ring substituents is 1. The van der Waals surface area contributed by atoms with Crippen LogP contribution in [-0.4, -0.2) is 19.1 Å². The zero-order valence-corrected chi connectivity index (χ0v) is 11.7. The molecule has 0 N–H and O–H groups in total. The van der Waals surface area contributed by atoms with Crippen LogP contribution in [0.15, 0.2) is 42.5 Å². The van der Waals surface area contributed by atoms with Crippen LogP contribution in [0.3, 0.4) is 0 Å². The molecule has 110 valence electrons. The molecule has 0 unspecified atom stereocenters. The van der Waals surface area contributed by atoms with Gasteiger partial charge in [0.2, 0.25) is 5.82 Å². The Balaban J connectivity index is 2.25. The number of anilines is 1. The summed E-state index contributed by atoms with van der Waals surface area (Å²) in [5.74, 6) is -0.0998. The van der Waals surface area contributed by atoms with Crippen molar-refractivity contribution in [2.24, 2.45) is 0 Å². The number of hydrogen-bond acceptors (Lipinski definition) is 4. The maximum Gasteiger partial charge on any atom is 0.327 e. The summed E-state index contributed by atoms with van der Waals surface area (Å²) in [6, 6.07) is 11.4. The lowest BCUT2D eigenvalue weighted by Gasteiger charge is -2.19. The molecule has 6 heteroatoms. The molecule has 0 aliphatic carbocycles. The summed E-state index contributed by atoms with van der Waals surface area (Å²) < 4.78 is 18.7. The Morgan fingerprint density at radius 2 is 1.90 bits per heavy atom. The fourth-order valence-corrected chi connectivity index (χ4v) is 2.08. The Morgan fingerprint density at radius 3 is 2.48 bits per heavy atom. The van der Waals surface area contributed by atoms with Crippen molar-refractivity contribution in [3.05, 3.63) is 64.0 Å². The lowest BCUT2D eigenvalue weighted by molar-refractivity contribution is -0.386. The maximum atomic E-state index is 13.6. The maximum absolute atomic E-state index is 13.6. The van der Waals surface area contributed by atoms with Gasteiger partial charge in [0.05, 0.1) is 12.0 Å². The summed E-state index contributed by atoms with van der Waals surface area (Å²) in [6.45, 7) is 0.425. The second kappa shape index (κ2) is 6.21. The minimum Gasteiger partial charge on any atom is -0.497 e. The van der Waals surface area contributed by atoms with Crippen LogP contribution < -0.4 is 9.64 Å². The molecule has 0 aromatic heterocycles. The molecule has 0 amide bonds. The average molecular weight is 290 g/mol. The molecule has 2 aromatic carbocycles. The highest BCUT2D eigenvalue weighted by Gasteiger charge is 2.22. The fraction of sp³-hybridized carbons (Fsp3) is 0.200. The second-order valence-corrected chi connectivity index (χ2v) is 4.57. The summed E-state index contributed by atoms with van der Waals surface area (Å²) in [6.07, 6.45) is 0. The first-order valence-corrected chi connectivity index (χ1v) is 6.30. The number of hydrogen-bond donors (Lipinski definition) is 0. The molecular weight excluding hydrogens is 275 g/mol. The van der Waals surface area contributed by atoms with Gasteiger partial charge in [-0.05, 0) is 29.8 Å². The number of nitro groups is 1. The van der Waals surface area contributed by atoms with E-state index in [9.17, 15) is 14.5 Å². The van der Waals surface area contributed by atoms with Crippen molar-refractivity contribution in [3.63, 3.8) is 0 Å². The van der Waals surface area contributed by atoms with Crippen LogP contribution in [0.2, 0.25) is 0 Å². The number of para-hydroxylation sites is 1. The standard InChI is InChI=1S/C15H15FN2O3/c1-17(10-11-6-8-12(21-2)9-7-11)14-5-3-4-13(16)15(14)18(19)20/h3-9H,10H2,1-2H3. The Hall–Kier alpha value is -2.63. The number of rotatable bonds is 5. The van der Waals surface area contributed by atoms with Crippen molar-refractivity contribution in [1.29, 1.82) is 0 Å². The van der Waals surface area contributed by atoms with Crippen LogP contribution in [-0.2, 0) is 6.54 Å². The van der Waals surface area contributed by atoms with Crippen LogP contribution in [0.5, 0.6) is 5.75 Å². The molecule has 21 heavy (non-hydrogen) atoms. The first kappa shape index (κ1) is 14.8. The van der Waals surface area contributed by atoms with Crippen LogP contribution in [0.4, 0.5) is 15.8 Å². The van der Waals surface area contributed by atoms with Gasteiger partial charge in [-0.15, -0.1) is 0 Å². The van der Waals surface area contributed by atoms with Gasteiger partial charge in [0.15, 0.2) is 0 Å². The number of ether oxygens (including phenoxy) is 1. The number of nitrogens with zero attached hydrogens (tertiary/aromatic N) is 2. The lowest BCUT2D eigenvalue weighted by atomic mass is 10.2. The zero-order chi connectivity index (χ0) is 15.4. The van der Waals surface area contributed by atoms with E-state index in [1.807, 2.05) is 24.3 Å². The average Bonchev–Trinajstić information content (AvgIpc) is 2.47. The van der Waals surface area contributed by atoms with Gasteiger partial charge in [0.1, 0.15) is 11.4 Å². The minimum absolute atomic E-state index is 0.246. The first-order chi connectivity index (χ1) is 10.0. The molecule has 0 spiro atoms. The highest BCUT2D eigenvalue weighted by molar-refractivity contribution is 5.63. The van der Waals surface area contributed by atoms with Crippen molar-refractivity contribution in [1.82, 2.24) is 0 Å². The van der Waals surface area contributed by atoms with Crippen LogP contribution in [0.25, 0.3) is 0 Å². The Morgan fingerprint density at radius 1 is 1.24 bits per heavy atom. The molecule has 0 bridgehead atoms. The van der Waals surface area contributed by atoms with E-state index in [0.717, 1.165) is 17.4 Å². The van der Waals surface area contributed by atoms with Gasteiger partial charge in [-0.3, -0.25) is 10.1 Å². The largest absolute Gasteiger partial charge is 0.497 e. The van der Waals surface area contributed by atoms with Crippen molar-refractivity contribution in [3.8, 4) is 5.75 Å². The molecule has 0 aliphatic rings. The zero-order valence-electron chi connectivity index (χ0n) is 11.7. The molecule has 2 aromatic rings. The van der Waals surface area contributed by atoms with E-state index >= 15 is 0 Å². The summed E-state index contributed by atoms with van der Waals surface area (Å²) >= 11 is 0. The molecule has 0 saturated carbocycles. The third-order valence-corrected chi connectivity index (χ3v) is 3.14. The predicted molar refractivity (Wildman–Crippen MR) is 78.2 cm³/mol.